The summed E-state index contributed by atoms with van der Waals surface area (Å²) in [4.78, 5) is 27.5. The minimum Gasteiger partial charge on any atom is -0.357 e. The molecule has 0 heterocycles. The first-order valence-electron chi connectivity index (χ1n) is 10.6. The Morgan fingerprint density at radius 3 is 2.15 bits per heavy atom. The van der Waals surface area contributed by atoms with E-state index in [-0.39, 0.29) is 17.3 Å². The second-order valence-corrected chi connectivity index (χ2v) is 10.4. The molecular formula is C25H26BrN3O4S. The number of hydrogen-bond donors (Lipinski definition) is 1. The molecule has 178 valence electrons. The number of likely N-dealkylation sites (N-methyl/N-ethyl adjacent to an activating group) is 1. The Bertz CT molecular complexity index is 1240. The Morgan fingerprint density at radius 2 is 1.56 bits per heavy atom. The van der Waals surface area contributed by atoms with E-state index in [1.807, 2.05) is 30.3 Å². The molecule has 0 spiro atoms. The van der Waals surface area contributed by atoms with Gasteiger partial charge in [0, 0.05) is 18.1 Å². The zero-order valence-electron chi connectivity index (χ0n) is 18.9. The molecule has 0 radical (unpaired) electrons. The van der Waals surface area contributed by atoms with Crippen LogP contribution in [0.4, 0.5) is 5.69 Å². The lowest BCUT2D eigenvalue weighted by Gasteiger charge is -2.31. The maximum Gasteiger partial charge on any atom is 0.264 e. The Kier molecular flexibility index (Phi) is 8.46. The van der Waals surface area contributed by atoms with Gasteiger partial charge in [-0.25, -0.2) is 8.42 Å². The summed E-state index contributed by atoms with van der Waals surface area (Å²) in [5.41, 5.74) is 1.16. The van der Waals surface area contributed by atoms with Gasteiger partial charge in [0.25, 0.3) is 10.0 Å². The van der Waals surface area contributed by atoms with Crippen LogP contribution < -0.4 is 9.62 Å². The number of hydrogen-bond acceptors (Lipinski definition) is 4. The van der Waals surface area contributed by atoms with Gasteiger partial charge in [-0.1, -0.05) is 70.5 Å². The number of nitrogens with zero attached hydrogens (tertiary/aromatic N) is 2. The zero-order valence-corrected chi connectivity index (χ0v) is 21.3. The topological polar surface area (TPSA) is 86.8 Å². The molecule has 1 atom stereocenters. The van der Waals surface area contributed by atoms with Crippen molar-refractivity contribution in [3.63, 3.8) is 0 Å². The van der Waals surface area contributed by atoms with Crippen LogP contribution in [0.1, 0.15) is 12.5 Å². The van der Waals surface area contributed by atoms with E-state index >= 15 is 0 Å². The van der Waals surface area contributed by atoms with Crippen molar-refractivity contribution >= 4 is 43.5 Å². The van der Waals surface area contributed by atoms with Crippen molar-refractivity contribution in [2.45, 2.75) is 24.4 Å². The average molecular weight is 544 g/mol. The summed E-state index contributed by atoms with van der Waals surface area (Å²) in [5, 5.41) is 2.56. The second-order valence-electron chi connectivity index (χ2n) is 7.60. The SMILES string of the molecule is CNC(=O)[C@H](C)N(Cc1ccccc1)C(=O)CN(c1cccc(Br)c1)S(=O)(=O)c1ccccc1. The fourth-order valence-corrected chi connectivity index (χ4v) is 5.27. The molecule has 2 amide bonds. The van der Waals surface area contributed by atoms with Crippen LogP contribution in [0.3, 0.4) is 0 Å². The van der Waals surface area contributed by atoms with Crippen LogP contribution in [0.5, 0.6) is 0 Å². The van der Waals surface area contributed by atoms with Crippen molar-refractivity contribution < 1.29 is 18.0 Å². The van der Waals surface area contributed by atoms with Crippen molar-refractivity contribution in [1.29, 1.82) is 0 Å². The lowest BCUT2D eigenvalue weighted by Crippen LogP contribution is -2.50. The van der Waals surface area contributed by atoms with Crippen molar-refractivity contribution in [3.05, 3.63) is 95.0 Å². The van der Waals surface area contributed by atoms with Gasteiger partial charge in [-0.15, -0.1) is 0 Å². The first kappa shape index (κ1) is 25.5. The van der Waals surface area contributed by atoms with Gasteiger partial charge in [0.2, 0.25) is 11.8 Å². The van der Waals surface area contributed by atoms with E-state index in [9.17, 15) is 18.0 Å². The van der Waals surface area contributed by atoms with Gasteiger partial charge in [0.1, 0.15) is 12.6 Å². The van der Waals surface area contributed by atoms with Crippen LogP contribution in [-0.4, -0.2) is 44.8 Å². The zero-order chi connectivity index (χ0) is 24.7. The first-order chi connectivity index (χ1) is 16.2. The monoisotopic (exact) mass is 543 g/mol. The molecule has 3 rings (SSSR count). The van der Waals surface area contributed by atoms with E-state index < -0.39 is 28.5 Å². The van der Waals surface area contributed by atoms with Crippen LogP contribution in [0.15, 0.2) is 94.3 Å². The number of amides is 2. The lowest BCUT2D eigenvalue weighted by molar-refractivity contribution is -0.139. The van der Waals surface area contributed by atoms with Gasteiger partial charge in [0.05, 0.1) is 10.6 Å². The number of carbonyl (C=O) groups is 2. The third kappa shape index (κ3) is 6.03. The van der Waals surface area contributed by atoms with Crippen LogP contribution >= 0.6 is 15.9 Å². The number of rotatable bonds is 9. The molecule has 7 nitrogen and oxygen atoms in total. The maximum absolute atomic E-state index is 13.6. The number of benzene rings is 3. The molecule has 0 bridgehead atoms. The predicted molar refractivity (Wildman–Crippen MR) is 136 cm³/mol. The van der Waals surface area contributed by atoms with Crippen molar-refractivity contribution in [2.24, 2.45) is 0 Å². The lowest BCUT2D eigenvalue weighted by atomic mass is 10.1. The minimum absolute atomic E-state index is 0.0664. The molecule has 0 aliphatic carbocycles. The van der Waals surface area contributed by atoms with Gasteiger partial charge in [-0.2, -0.15) is 0 Å². The third-order valence-electron chi connectivity index (χ3n) is 5.32. The average Bonchev–Trinajstić information content (AvgIpc) is 2.85. The summed E-state index contributed by atoms with van der Waals surface area (Å²) >= 11 is 3.37. The summed E-state index contributed by atoms with van der Waals surface area (Å²) < 4.78 is 28.9. The Balaban J connectivity index is 2.01. The van der Waals surface area contributed by atoms with E-state index in [1.165, 1.54) is 24.1 Å². The highest BCUT2D eigenvalue weighted by Gasteiger charge is 2.32. The number of carbonyl (C=O) groups excluding carboxylic acids is 2. The van der Waals surface area contributed by atoms with Gasteiger partial charge >= 0.3 is 0 Å². The van der Waals surface area contributed by atoms with Crippen LogP contribution in [-0.2, 0) is 26.2 Å². The molecule has 0 saturated heterocycles. The predicted octanol–water partition coefficient (Wildman–Crippen LogP) is 3.81. The van der Waals surface area contributed by atoms with Crippen LogP contribution in [0, 0.1) is 0 Å². The number of sulfonamides is 1. The Hall–Kier alpha value is -3.17. The normalized spacial score (nSPS) is 12.0. The second kappa shape index (κ2) is 11.3. The Labute approximate surface area is 208 Å². The van der Waals surface area contributed by atoms with Crippen LogP contribution in [0.2, 0.25) is 0 Å². The first-order valence-corrected chi connectivity index (χ1v) is 12.9. The molecule has 34 heavy (non-hydrogen) atoms. The highest BCUT2D eigenvalue weighted by Crippen LogP contribution is 2.27. The quantitative estimate of drug-likeness (QED) is 0.444. The van der Waals surface area contributed by atoms with Gasteiger partial charge in [-0.05, 0) is 42.8 Å². The Morgan fingerprint density at radius 1 is 0.941 bits per heavy atom. The number of anilines is 1. The van der Waals surface area contributed by atoms with E-state index in [0.29, 0.717) is 10.2 Å². The third-order valence-corrected chi connectivity index (χ3v) is 7.60. The maximum atomic E-state index is 13.6. The van der Waals surface area contributed by atoms with E-state index in [1.54, 1.807) is 49.4 Å². The largest absolute Gasteiger partial charge is 0.357 e. The molecule has 0 aromatic heterocycles. The summed E-state index contributed by atoms with van der Waals surface area (Å²) in [6.07, 6.45) is 0. The molecule has 0 saturated carbocycles. The molecule has 0 aliphatic heterocycles. The molecule has 3 aromatic carbocycles. The highest BCUT2D eigenvalue weighted by molar-refractivity contribution is 9.10. The fourth-order valence-electron chi connectivity index (χ4n) is 3.45. The van der Waals surface area contributed by atoms with Gasteiger partial charge < -0.3 is 10.2 Å². The molecular weight excluding hydrogens is 518 g/mol. The molecule has 0 unspecified atom stereocenters. The van der Waals surface area contributed by atoms with Gasteiger partial charge in [0.15, 0.2) is 0 Å². The van der Waals surface area contributed by atoms with Crippen LogP contribution in [0.25, 0.3) is 0 Å². The molecule has 3 aromatic rings. The summed E-state index contributed by atoms with van der Waals surface area (Å²) in [5.74, 6) is -0.844. The standard InChI is InChI=1S/C25H26BrN3O4S/c1-19(25(31)27-2)28(17-20-10-5-3-6-11-20)24(30)18-29(22-13-9-12-21(26)16-22)34(32,33)23-14-7-4-8-15-23/h3-16,19H,17-18H2,1-2H3,(H,27,31)/t19-/m0/s1. The summed E-state index contributed by atoms with van der Waals surface area (Å²) in [7, 11) is -2.56. The van der Waals surface area contributed by atoms with Crippen molar-refractivity contribution in [3.8, 4) is 0 Å². The molecule has 0 fully saturated rings. The fraction of sp³-hybridized carbons (Fsp3) is 0.200. The van der Waals surface area contributed by atoms with Gasteiger partial charge in [-0.3, -0.25) is 13.9 Å². The smallest absolute Gasteiger partial charge is 0.264 e. The van der Waals surface area contributed by atoms with E-state index in [4.69, 9.17) is 0 Å². The van der Waals surface area contributed by atoms with E-state index in [0.717, 1.165) is 9.87 Å². The summed E-state index contributed by atoms with van der Waals surface area (Å²) in [6.45, 7) is 1.31. The molecule has 0 aliphatic rings. The summed E-state index contributed by atoms with van der Waals surface area (Å²) in [6, 6.07) is 23.1. The number of nitrogens with one attached hydrogen (secondary N) is 1. The van der Waals surface area contributed by atoms with Crippen molar-refractivity contribution in [2.75, 3.05) is 17.9 Å². The minimum atomic E-state index is -4.06. The van der Waals surface area contributed by atoms with E-state index in [2.05, 4.69) is 21.2 Å². The number of halogens is 1. The molecule has 9 heteroatoms. The molecule has 1 N–H and O–H groups in total. The highest BCUT2D eigenvalue weighted by atomic mass is 79.9. The van der Waals surface area contributed by atoms with Crippen molar-refractivity contribution in [1.82, 2.24) is 10.2 Å².